The van der Waals surface area contributed by atoms with Gasteiger partial charge in [0, 0.05) is 58.5 Å². The minimum atomic E-state index is -1.08. The summed E-state index contributed by atoms with van der Waals surface area (Å²) in [4.78, 5) is 101. The summed E-state index contributed by atoms with van der Waals surface area (Å²) in [6.45, 7) is 5.46. The van der Waals surface area contributed by atoms with Gasteiger partial charge >= 0.3 is 18.2 Å². The number of urea groups is 1. The van der Waals surface area contributed by atoms with Gasteiger partial charge in [-0.1, -0.05) is 26.0 Å². The zero-order valence-electron chi connectivity index (χ0n) is 30.7. The van der Waals surface area contributed by atoms with Crippen LogP contribution in [-0.4, -0.2) is 135 Å². The third-order valence-corrected chi connectivity index (χ3v) is 7.85. The lowest BCUT2D eigenvalue weighted by Gasteiger charge is -2.25. The van der Waals surface area contributed by atoms with Crippen LogP contribution in [0.25, 0.3) is 0 Å². The van der Waals surface area contributed by atoms with Crippen molar-refractivity contribution in [2.45, 2.75) is 52.3 Å². The van der Waals surface area contributed by atoms with E-state index in [1.807, 2.05) is 0 Å². The Labute approximate surface area is 307 Å². The third kappa shape index (κ3) is 16.0. The van der Waals surface area contributed by atoms with Crippen LogP contribution >= 0.6 is 0 Å². The predicted octanol–water partition coefficient (Wildman–Crippen LogP) is 0.298. The van der Waals surface area contributed by atoms with Crippen LogP contribution in [0.3, 0.4) is 0 Å². The van der Waals surface area contributed by atoms with Gasteiger partial charge in [-0.15, -0.1) is 0 Å². The Balaban J connectivity index is 1.91. The molecule has 292 valence electrons. The number of nitrogens with one attached hydrogen (secondary N) is 4. The van der Waals surface area contributed by atoms with Crippen molar-refractivity contribution in [2.24, 2.45) is 11.7 Å². The zero-order valence-corrected chi connectivity index (χ0v) is 30.7. The molecule has 1 unspecified atom stereocenters. The second-order valence-corrected chi connectivity index (χ2v) is 12.4. The maximum Gasteiger partial charge on any atom is 0.409 e. The van der Waals surface area contributed by atoms with Crippen molar-refractivity contribution in [1.29, 1.82) is 0 Å². The van der Waals surface area contributed by atoms with E-state index in [2.05, 4.69) is 21.3 Å². The van der Waals surface area contributed by atoms with Gasteiger partial charge in [0.05, 0.1) is 19.8 Å². The second-order valence-electron chi connectivity index (χ2n) is 12.4. The fourth-order valence-electron chi connectivity index (χ4n) is 4.57. The van der Waals surface area contributed by atoms with Crippen LogP contribution in [0.15, 0.2) is 36.4 Å². The molecule has 0 fully saturated rings. The number of alkyl carbamates (subject to hydrolysis) is 1. The van der Waals surface area contributed by atoms with Crippen molar-refractivity contribution in [3.05, 3.63) is 42.0 Å². The monoisotopic (exact) mass is 746 g/mol. The van der Waals surface area contributed by atoms with Crippen LogP contribution in [-0.2, 0) is 44.8 Å². The van der Waals surface area contributed by atoms with Crippen LogP contribution in [0.2, 0.25) is 0 Å². The molecule has 1 aromatic carbocycles. The van der Waals surface area contributed by atoms with E-state index in [1.54, 1.807) is 52.2 Å². The van der Waals surface area contributed by atoms with E-state index in [-0.39, 0.29) is 58.3 Å². The van der Waals surface area contributed by atoms with Gasteiger partial charge in [0.25, 0.3) is 11.8 Å². The van der Waals surface area contributed by atoms with Gasteiger partial charge in [-0.2, -0.15) is 0 Å². The third-order valence-electron chi connectivity index (χ3n) is 7.85. The van der Waals surface area contributed by atoms with Crippen LogP contribution in [0, 0.1) is 5.92 Å². The van der Waals surface area contributed by atoms with Crippen LogP contribution in [0.4, 0.5) is 20.1 Å². The number of likely N-dealkylation sites (N-methyl/N-ethyl adjacent to an activating group) is 2. The lowest BCUT2D eigenvalue weighted by Crippen LogP contribution is -2.54. The number of benzene rings is 1. The summed E-state index contributed by atoms with van der Waals surface area (Å²) in [6.07, 6.45) is 1.25. The number of hydrogen-bond acceptors (Lipinski definition) is 11. The number of nitrogens with zero attached hydrogens (tertiary/aromatic N) is 3. The Morgan fingerprint density at radius 1 is 0.849 bits per heavy atom. The Bertz CT molecular complexity index is 1470. The summed E-state index contributed by atoms with van der Waals surface area (Å²) in [5, 5.41) is 10.3. The van der Waals surface area contributed by atoms with Gasteiger partial charge < -0.3 is 51.0 Å². The molecule has 2 atom stereocenters. The molecule has 0 aromatic heterocycles. The van der Waals surface area contributed by atoms with E-state index in [0.29, 0.717) is 24.3 Å². The highest BCUT2D eigenvalue weighted by Gasteiger charge is 2.29. The predicted molar refractivity (Wildman–Crippen MR) is 190 cm³/mol. The summed E-state index contributed by atoms with van der Waals surface area (Å²) in [6, 6.07) is 3.60. The van der Waals surface area contributed by atoms with Gasteiger partial charge in [-0.3, -0.25) is 28.9 Å². The number of amides is 9. The fraction of sp³-hybridized carbons (Fsp3) is 0.529. The first-order valence-corrected chi connectivity index (χ1v) is 17.0. The fourth-order valence-corrected chi connectivity index (χ4v) is 4.57. The summed E-state index contributed by atoms with van der Waals surface area (Å²) in [5.41, 5.74) is 6.17. The number of rotatable bonds is 21. The molecule has 0 aliphatic carbocycles. The summed E-state index contributed by atoms with van der Waals surface area (Å²) >= 11 is 0. The van der Waals surface area contributed by atoms with Crippen molar-refractivity contribution in [1.82, 2.24) is 30.7 Å². The Hall–Kier alpha value is -5.72. The van der Waals surface area contributed by atoms with Crippen LogP contribution < -0.4 is 27.0 Å². The average molecular weight is 747 g/mol. The molecule has 9 amide bonds. The number of nitrogens with two attached hydrogens (primary N) is 1. The normalized spacial score (nSPS) is 13.2. The molecule has 1 heterocycles. The summed E-state index contributed by atoms with van der Waals surface area (Å²) in [7, 11) is 3.19. The Morgan fingerprint density at radius 2 is 1.49 bits per heavy atom. The quantitative estimate of drug-likeness (QED) is 0.0845. The first kappa shape index (κ1) is 43.4. The molecule has 0 spiro atoms. The minimum absolute atomic E-state index is 0.0259. The van der Waals surface area contributed by atoms with Gasteiger partial charge in [-0.25, -0.2) is 14.4 Å². The minimum Gasteiger partial charge on any atom is -0.447 e. The molecule has 0 bridgehead atoms. The van der Waals surface area contributed by atoms with Crippen molar-refractivity contribution >= 4 is 53.4 Å². The molecule has 0 radical (unpaired) electrons. The molecular formula is C34H50N8O11. The van der Waals surface area contributed by atoms with E-state index in [0.717, 1.165) is 17.1 Å². The van der Waals surface area contributed by atoms with Crippen molar-refractivity contribution < 1.29 is 52.6 Å². The van der Waals surface area contributed by atoms with Crippen molar-refractivity contribution in [3.8, 4) is 0 Å². The topological polar surface area (TPSA) is 248 Å². The van der Waals surface area contributed by atoms with Gasteiger partial charge in [-0.05, 0) is 36.5 Å². The average Bonchev–Trinajstić information content (AvgIpc) is 3.43. The van der Waals surface area contributed by atoms with E-state index in [9.17, 15) is 38.4 Å². The molecule has 19 heteroatoms. The lowest BCUT2D eigenvalue weighted by molar-refractivity contribution is -0.137. The molecule has 0 saturated heterocycles. The molecule has 2 rings (SSSR count). The van der Waals surface area contributed by atoms with Gasteiger partial charge in [0.2, 0.25) is 17.7 Å². The van der Waals surface area contributed by atoms with Crippen LogP contribution in [0.5, 0.6) is 0 Å². The first-order valence-electron chi connectivity index (χ1n) is 17.0. The number of hydrogen-bond donors (Lipinski definition) is 5. The number of carbonyl (C=O) groups excluding carboxylic acids is 8. The van der Waals surface area contributed by atoms with Gasteiger partial charge in [0.1, 0.15) is 25.3 Å². The van der Waals surface area contributed by atoms with E-state index in [1.165, 1.54) is 16.7 Å². The Morgan fingerprint density at radius 3 is 2.09 bits per heavy atom. The Kier molecular flexibility index (Phi) is 18.3. The highest BCUT2D eigenvalue weighted by molar-refractivity contribution is 6.12. The first-order chi connectivity index (χ1) is 25.1. The second kappa shape index (κ2) is 22.3. The van der Waals surface area contributed by atoms with Crippen LogP contribution in [0.1, 0.15) is 39.2 Å². The zero-order chi connectivity index (χ0) is 39.5. The highest BCUT2D eigenvalue weighted by atomic mass is 16.6. The number of imide groups is 1. The van der Waals surface area contributed by atoms with E-state index < -0.39 is 59.8 Å². The number of ether oxygens (including phenoxy) is 3. The van der Waals surface area contributed by atoms with Gasteiger partial charge in [0.15, 0.2) is 0 Å². The van der Waals surface area contributed by atoms with Crippen molar-refractivity contribution in [2.75, 3.05) is 65.4 Å². The standard InChI is InChI=1S/C34H50N8O11/c1-22(2)29(39-33(49)52-20-19-51-18-17-42-27(44)12-13-28(42)45)31(47)38-26(7-6-14-36-32(35)48)30(46)37-25-10-8-24(9-11-25)21-53-34(50)41(5)16-15-40(4)23(3)43/h8-13,22,26,29H,6-7,14-21H2,1-5H3,(H,37,46)(H,38,47)(H,39,49)(H3,35,36,48)/t26?,29-/m0/s1. The molecule has 1 aliphatic heterocycles. The smallest absolute Gasteiger partial charge is 0.409 e. The molecular weight excluding hydrogens is 696 g/mol. The number of anilines is 1. The highest BCUT2D eigenvalue weighted by Crippen LogP contribution is 2.13. The molecule has 6 N–H and O–H groups in total. The largest absolute Gasteiger partial charge is 0.447 e. The SMILES string of the molecule is CC(=O)N(C)CCN(C)C(=O)OCc1ccc(NC(=O)C(CCCNC(N)=O)NC(=O)[C@@H](NC(=O)OCCOCCN2C(=O)C=CC2=O)C(C)C)cc1. The maximum absolute atomic E-state index is 13.4. The van der Waals surface area contributed by atoms with E-state index in [4.69, 9.17) is 19.9 Å². The van der Waals surface area contributed by atoms with Crippen molar-refractivity contribution in [3.63, 3.8) is 0 Å². The van der Waals surface area contributed by atoms with E-state index >= 15 is 0 Å². The molecule has 19 nitrogen and oxygen atoms in total. The molecule has 53 heavy (non-hydrogen) atoms. The summed E-state index contributed by atoms with van der Waals surface area (Å²) < 4.78 is 15.8. The molecule has 0 saturated carbocycles. The lowest BCUT2D eigenvalue weighted by atomic mass is 10.0. The number of primary amides is 1. The summed E-state index contributed by atoms with van der Waals surface area (Å²) in [5.74, 6) is -2.61. The molecule has 1 aromatic rings. The maximum atomic E-state index is 13.4. The molecule has 1 aliphatic rings. The number of carbonyl (C=O) groups is 8.